The highest BCUT2D eigenvalue weighted by atomic mass is 16.5. The molecule has 1 rings (SSSR count). The number of nitrogens with one attached hydrogen (secondary N) is 1. The van der Waals surface area contributed by atoms with E-state index in [0.717, 1.165) is 30.0 Å². The summed E-state index contributed by atoms with van der Waals surface area (Å²) in [5.41, 5.74) is 1.12. The third-order valence-electron chi connectivity index (χ3n) is 3.25. The molecule has 4 nitrogen and oxygen atoms in total. The lowest BCUT2D eigenvalue weighted by molar-refractivity contribution is 0.0471. The Kier molecular flexibility index (Phi) is 7.41. The van der Waals surface area contributed by atoms with Crippen LogP contribution in [0.1, 0.15) is 38.8 Å². The quantitative estimate of drug-likeness (QED) is 0.754. The summed E-state index contributed by atoms with van der Waals surface area (Å²) < 4.78 is 16.4. The van der Waals surface area contributed by atoms with Gasteiger partial charge in [0.25, 0.3) is 0 Å². The second-order valence-corrected chi connectivity index (χ2v) is 4.74. The van der Waals surface area contributed by atoms with Gasteiger partial charge in [-0.25, -0.2) is 0 Å². The second kappa shape index (κ2) is 8.82. The van der Waals surface area contributed by atoms with Gasteiger partial charge >= 0.3 is 0 Å². The molecule has 20 heavy (non-hydrogen) atoms. The van der Waals surface area contributed by atoms with Gasteiger partial charge in [-0.05, 0) is 44.5 Å². The minimum absolute atomic E-state index is 0.0864. The molecule has 0 radical (unpaired) electrons. The summed E-state index contributed by atoms with van der Waals surface area (Å²) in [4.78, 5) is 0. The van der Waals surface area contributed by atoms with Crippen molar-refractivity contribution >= 4 is 0 Å². The lowest BCUT2D eigenvalue weighted by Gasteiger charge is -2.26. The highest BCUT2D eigenvalue weighted by Crippen LogP contribution is 2.28. The first-order valence-corrected chi connectivity index (χ1v) is 7.24. The van der Waals surface area contributed by atoms with Crippen molar-refractivity contribution in [3.05, 3.63) is 23.8 Å². The second-order valence-electron chi connectivity index (χ2n) is 4.74. The third kappa shape index (κ3) is 4.69. The van der Waals surface area contributed by atoms with E-state index in [1.807, 2.05) is 25.1 Å². The Labute approximate surface area is 122 Å². The molecular formula is C16H27NO3. The molecule has 4 heteroatoms. The monoisotopic (exact) mass is 281 g/mol. The van der Waals surface area contributed by atoms with Gasteiger partial charge in [-0.3, -0.25) is 0 Å². The molecule has 0 amide bonds. The van der Waals surface area contributed by atoms with E-state index in [9.17, 15) is 0 Å². The van der Waals surface area contributed by atoms with Crippen molar-refractivity contribution in [1.82, 2.24) is 5.32 Å². The number of hydrogen-bond acceptors (Lipinski definition) is 4. The molecule has 0 saturated heterocycles. The van der Waals surface area contributed by atoms with E-state index in [1.54, 1.807) is 14.2 Å². The minimum Gasteiger partial charge on any atom is -0.497 e. The molecule has 1 aromatic carbocycles. The third-order valence-corrected chi connectivity index (χ3v) is 3.25. The van der Waals surface area contributed by atoms with E-state index < -0.39 is 0 Å². The Morgan fingerprint density at radius 1 is 1.05 bits per heavy atom. The molecule has 0 aromatic heterocycles. The fourth-order valence-electron chi connectivity index (χ4n) is 2.22. The molecule has 0 bridgehead atoms. The summed E-state index contributed by atoms with van der Waals surface area (Å²) in [5, 5.41) is 3.54. The fourth-order valence-corrected chi connectivity index (χ4v) is 2.22. The Hall–Kier alpha value is -1.26. The van der Waals surface area contributed by atoms with Gasteiger partial charge < -0.3 is 19.5 Å². The highest BCUT2D eigenvalue weighted by Gasteiger charge is 2.20. The summed E-state index contributed by atoms with van der Waals surface area (Å²) in [6.07, 6.45) is 1.17. The first kappa shape index (κ1) is 16.8. The number of benzene rings is 1. The van der Waals surface area contributed by atoms with Gasteiger partial charge in [-0.15, -0.1) is 0 Å². The van der Waals surface area contributed by atoms with Crippen molar-refractivity contribution in [2.45, 2.75) is 39.3 Å². The van der Waals surface area contributed by atoms with E-state index in [0.29, 0.717) is 6.61 Å². The van der Waals surface area contributed by atoms with Crippen molar-refractivity contribution in [3.8, 4) is 11.5 Å². The van der Waals surface area contributed by atoms with Crippen LogP contribution in [0.15, 0.2) is 18.2 Å². The standard InChI is InChI=1S/C16H27NO3/c1-6-8-17-16(12(3)20-7-2)13-9-14(18-4)11-15(10-13)19-5/h9-12,16-17H,6-8H2,1-5H3. The van der Waals surface area contributed by atoms with Crippen molar-refractivity contribution in [3.63, 3.8) is 0 Å². The van der Waals surface area contributed by atoms with E-state index in [4.69, 9.17) is 14.2 Å². The van der Waals surface area contributed by atoms with Crippen molar-refractivity contribution in [2.24, 2.45) is 0 Å². The van der Waals surface area contributed by atoms with Crippen LogP contribution in [0.25, 0.3) is 0 Å². The van der Waals surface area contributed by atoms with Crippen LogP contribution in [-0.4, -0.2) is 33.5 Å². The predicted octanol–water partition coefficient (Wildman–Crippen LogP) is 3.17. The molecular weight excluding hydrogens is 254 g/mol. The SMILES string of the molecule is CCCNC(c1cc(OC)cc(OC)c1)C(C)OCC. The molecule has 114 valence electrons. The number of ether oxygens (including phenoxy) is 3. The van der Waals surface area contributed by atoms with Gasteiger partial charge in [0.2, 0.25) is 0 Å². The summed E-state index contributed by atoms with van der Waals surface area (Å²) in [6.45, 7) is 7.90. The van der Waals surface area contributed by atoms with Gasteiger partial charge in [0.15, 0.2) is 0 Å². The lowest BCUT2D eigenvalue weighted by atomic mass is 10.0. The average Bonchev–Trinajstić information content (AvgIpc) is 2.47. The zero-order valence-corrected chi connectivity index (χ0v) is 13.2. The van der Waals surface area contributed by atoms with E-state index in [1.165, 1.54) is 0 Å². The minimum atomic E-state index is 0.0864. The predicted molar refractivity (Wildman–Crippen MR) is 81.7 cm³/mol. The molecule has 0 aliphatic carbocycles. The summed E-state index contributed by atoms with van der Waals surface area (Å²) in [5.74, 6) is 1.60. The van der Waals surface area contributed by atoms with Crippen LogP contribution in [0.2, 0.25) is 0 Å². The maximum atomic E-state index is 5.76. The van der Waals surface area contributed by atoms with Crippen LogP contribution >= 0.6 is 0 Å². The van der Waals surface area contributed by atoms with Gasteiger partial charge in [0.1, 0.15) is 11.5 Å². The Morgan fingerprint density at radius 2 is 1.65 bits per heavy atom. The Bertz CT molecular complexity index is 373. The molecule has 0 fully saturated rings. The lowest BCUT2D eigenvalue weighted by Crippen LogP contribution is -2.32. The average molecular weight is 281 g/mol. The largest absolute Gasteiger partial charge is 0.497 e. The first-order valence-electron chi connectivity index (χ1n) is 7.24. The van der Waals surface area contributed by atoms with Crippen LogP contribution in [-0.2, 0) is 4.74 Å². The molecule has 1 aromatic rings. The van der Waals surface area contributed by atoms with E-state index in [-0.39, 0.29) is 12.1 Å². The van der Waals surface area contributed by atoms with Crippen LogP contribution in [0.4, 0.5) is 0 Å². The zero-order valence-electron chi connectivity index (χ0n) is 13.2. The molecule has 2 atom stereocenters. The molecule has 2 unspecified atom stereocenters. The Balaban J connectivity index is 3.04. The van der Waals surface area contributed by atoms with Gasteiger partial charge in [-0.1, -0.05) is 6.92 Å². The van der Waals surface area contributed by atoms with Gasteiger partial charge in [0, 0.05) is 12.7 Å². The van der Waals surface area contributed by atoms with Crippen LogP contribution < -0.4 is 14.8 Å². The van der Waals surface area contributed by atoms with Crippen molar-refractivity contribution in [2.75, 3.05) is 27.4 Å². The normalized spacial score (nSPS) is 13.8. The van der Waals surface area contributed by atoms with E-state index >= 15 is 0 Å². The molecule has 0 saturated carbocycles. The van der Waals surface area contributed by atoms with Gasteiger partial charge in [-0.2, -0.15) is 0 Å². The molecule has 0 aliphatic rings. The van der Waals surface area contributed by atoms with Crippen LogP contribution in [0.5, 0.6) is 11.5 Å². The molecule has 1 N–H and O–H groups in total. The number of methoxy groups -OCH3 is 2. The van der Waals surface area contributed by atoms with Crippen LogP contribution in [0, 0.1) is 0 Å². The smallest absolute Gasteiger partial charge is 0.122 e. The summed E-state index contributed by atoms with van der Waals surface area (Å²) in [7, 11) is 3.33. The van der Waals surface area contributed by atoms with Crippen molar-refractivity contribution in [1.29, 1.82) is 0 Å². The molecule has 0 heterocycles. The summed E-state index contributed by atoms with van der Waals surface area (Å²) in [6, 6.07) is 6.07. The van der Waals surface area contributed by atoms with Crippen molar-refractivity contribution < 1.29 is 14.2 Å². The zero-order chi connectivity index (χ0) is 15.0. The highest BCUT2D eigenvalue weighted by molar-refractivity contribution is 5.40. The molecule has 0 aliphatic heterocycles. The first-order chi connectivity index (χ1) is 9.65. The Morgan fingerprint density at radius 3 is 2.10 bits per heavy atom. The van der Waals surface area contributed by atoms with Gasteiger partial charge in [0.05, 0.1) is 26.4 Å². The maximum absolute atomic E-state index is 5.76. The maximum Gasteiger partial charge on any atom is 0.122 e. The fraction of sp³-hybridized carbons (Fsp3) is 0.625. The number of hydrogen-bond donors (Lipinski definition) is 1. The van der Waals surface area contributed by atoms with Crippen LogP contribution in [0.3, 0.4) is 0 Å². The topological polar surface area (TPSA) is 39.7 Å². The molecule has 0 spiro atoms. The number of rotatable bonds is 9. The van der Waals surface area contributed by atoms with E-state index in [2.05, 4.69) is 19.2 Å². The summed E-state index contributed by atoms with van der Waals surface area (Å²) >= 11 is 0.